The molecular formula is C16H23N3O2S. The molecule has 2 heterocycles. The van der Waals surface area contributed by atoms with Crippen molar-refractivity contribution in [2.45, 2.75) is 44.8 Å². The minimum Gasteiger partial charge on any atom is -0.444 e. The first-order chi connectivity index (χ1) is 10.4. The van der Waals surface area contributed by atoms with Crippen LogP contribution in [0.25, 0.3) is 0 Å². The lowest BCUT2D eigenvalue weighted by Gasteiger charge is -2.36. The van der Waals surface area contributed by atoms with Gasteiger partial charge in [0.1, 0.15) is 5.60 Å². The van der Waals surface area contributed by atoms with Crippen LogP contribution < -0.4 is 5.32 Å². The Hall–Kier alpha value is -1.58. The number of rotatable bonds is 3. The molecular weight excluding hydrogens is 298 g/mol. The number of hydrogen-bond donors (Lipinski definition) is 1. The molecule has 2 rings (SSSR count). The number of carbonyl (C=O) groups is 1. The van der Waals surface area contributed by atoms with Crippen LogP contribution in [0.1, 0.15) is 38.0 Å². The molecule has 1 aliphatic rings. The molecule has 1 fully saturated rings. The van der Waals surface area contributed by atoms with E-state index in [1.165, 1.54) is 4.88 Å². The molecule has 1 amide bonds. The van der Waals surface area contributed by atoms with Gasteiger partial charge in [-0.3, -0.25) is 4.90 Å². The van der Waals surface area contributed by atoms with Crippen molar-refractivity contribution in [1.29, 1.82) is 5.26 Å². The molecule has 0 aliphatic carbocycles. The summed E-state index contributed by atoms with van der Waals surface area (Å²) < 4.78 is 5.33. The molecule has 1 N–H and O–H groups in total. The molecule has 2 unspecified atom stereocenters. The van der Waals surface area contributed by atoms with Crippen LogP contribution in [0.2, 0.25) is 0 Å². The lowest BCUT2D eigenvalue weighted by atomic mass is 9.93. The van der Waals surface area contributed by atoms with Gasteiger partial charge in [0.15, 0.2) is 0 Å². The Bertz CT molecular complexity index is 531. The first-order valence-corrected chi connectivity index (χ1v) is 8.37. The second kappa shape index (κ2) is 7.12. The molecule has 0 spiro atoms. The van der Waals surface area contributed by atoms with Gasteiger partial charge in [-0.05, 0) is 38.6 Å². The highest BCUT2D eigenvalue weighted by atomic mass is 32.1. The van der Waals surface area contributed by atoms with Crippen LogP contribution >= 0.6 is 11.3 Å². The summed E-state index contributed by atoms with van der Waals surface area (Å²) in [7, 11) is 0. The zero-order valence-electron chi connectivity index (χ0n) is 13.3. The van der Waals surface area contributed by atoms with Crippen LogP contribution in [0.4, 0.5) is 4.79 Å². The largest absolute Gasteiger partial charge is 0.444 e. The number of thiophene rings is 1. The molecule has 0 aromatic carbocycles. The second-order valence-electron chi connectivity index (χ2n) is 6.64. The van der Waals surface area contributed by atoms with Gasteiger partial charge in [0.05, 0.1) is 12.6 Å². The second-order valence-corrected chi connectivity index (χ2v) is 7.62. The fraction of sp³-hybridized carbons (Fsp3) is 0.625. The smallest absolute Gasteiger partial charge is 0.407 e. The number of piperidine rings is 1. The third-order valence-corrected chi connectivity index (χ3v) is 4.52. The maximum absolute atomic E-state index is 12.0. The van der Waals surface area contributed by atoms with Crippen LogP contribution in [-0.4, -0.2) is 42.3 Å². The van der Waals surface area contributed by atoms with Crippen molar-refractivity contribution < 1.29 is 9.53 Å². The SMILES string of the molecule is CC(C)(C)OC(=O)NC1CC(c2cccs2)CN(CC#N)C1. The number of hydrogen-bond acceptors (Lipinski definition) is 5. The van der Waals surface area contributed by atoms with Crippen molar-refractivity contribution >= 4 is 17.4 Å². The topological polar surface area (TPSA) is 65.4 Å². The summed E-state index contributed by atoms with van der Waals surface area (Å²) in [6.07, 6.45) is 0.489. The summed E-state index contributed by atoms with van der Waals surface area (Å²) in [5.41, 5.74) is -0.502. The molecule has 1 saturated heterocycles. The maximum atomic E-state index is 12.0. The van der Waals surface area contributed by atoms with E-state index in [2.05, 4.69) is 27.7 Å². The number of nitrogens with one attached hydrogen (secondary N) is 1. The Morgan fingerprint density at radius 3 is 2.91 bits per heavy atom. The van der Waals surface area contributed by atoms with E-state index in [-0.39, 0.29) is 12.1 Å². The maximum Gasteiger partial charge on any atom is 0.407 e. The fourth-order valence-corrected chi connectivity index (χ4v) is 3.56. The van der Waals surface area contributed by atoms with E-state index in [9.17, 15) is 4.79 Å². The predicted molar refractivity (Wildman–Crippen MR) is 86.9 cm³/mol. The number of likely N-dealkylation sites (tertiary alicyclic amines) is 1. The quantitative estimate of drug-likeness (QED) is 0.869. The number of alkyl carbamates (subject to hydrolysis) is 1. The van der Waals surface area contributed by atoms with Crippen molar-refractivity contribution in [2.24, 2.45) is 0 Å². The molecule has 0 radical (unpaired) electrons. The van der Waals surface area contributed by atoms with E-state index in [1.807, 2.05) is 26.8 Å². The molecule has 1 aliphatic heterocycles. The zero-order valence-corrected chi connectivity index (χ0v) is 14.2. The molecule has 120 valence electrons. The summed E-state index contributed by atoms with van der Waals surface area (Å²) in [5, 5.41) is 14.0. The molecule has 6 heteroatoms. The van der Waals surface area contributed by atoms with Crippen molar-refractivity contribution in [3.63, 3.8) is 0 Å². The summed E-state index contributed by atoms with van der Waals surface area (Å²) in [5.74, 6) is 0.349. The van der Waals surface area contributed by atoms with Crippen LogP contribution in [0.3, 0.4) is 0 Å². The Morgan fingerprint density at radius 1 is 1.55 bits per heavy atom. The molecule has 1 aromatic rings. The van der Waals surface area contributed by atoms with E-state index in [1.54, 1.807) is 11.3 Å². The molecule has 1 aromatic heterocycles. The third kappa shape index (κ3) is 5.00. The van der Waals surface area contributed by atoms with Crippen molar-refractivity contribution in [3.05, 3.63) is 22.4 Å². The van der Waals surface area contributed by atoms with Crippen LogP contribution in [0.15, 0.2) is 17.5 Å². The minimum absolute atomic E-state index is 0.00375. The van der Waals surface area contributed by atoms with E-state index < -0.39 is 5.60 Å². The van der Waals surface area contributed by atoms with Gasteiger partial charge in [-0.25, -0.2) is 4.79 Å². The highest BCUT2D eigenvalue weighted by molar-refractivity contribution is 7.10. The van der Waals surface area contributed by atoms with E-state index in [0.29, 0.717) is 19.0 Å². The summed E-state index contributed by atoms with van der Waals surface area (Å²) >= 11 is 1.73. The Balaban J connectivity index is 2.00. The molecule has 22 heavy (non-hydrogen) atoms. The van der Waals surface area contributed by atoms with Gasteiger partial charge in [-0.2, -0.15) is 5.26 Å². The highest BCUT2D eigenvalue weighted by Crippen LogP contribution is 2.30. The van der Waals surface area contributed by atoms with Gasteiger partial charge in [0.2, 0.25) is 0 Å². The van der Waals surface area contributed by atoms with Crippen LogP contribution in [0.5, 0.6) is 0 Å². The van der Waals surface area contributed by atoms with Gasteiger partial charge in [0, 0.05) is 29.9 Å². The number of amides is 1. The number of ether oxygens (including phenoxy) is 1. The summed E-state index contributed by atoms with van der Waals surface area (Å²) in [6.45, 7) is 7.49. The van der Waals surface area contributed by atoms with E-state index >= 15 is 0 Å². The normalized spacial score (nSPS) is 22.8. The highest BCUT2D eigenvalue weighted by Gasteiger charge is 2.30. The standard InChI is InChI=1S/C16H23N3O2S/c1-16(2,3)21-15(20)18-13-9-12(14-5-4-8-22-14)10-19(11-13)7-6-17/h4-5,8,12-13H,7,9-11H2,1-3H3,(H,18,20). The average Bonchev–Trinajstić information content (AvgIpc) is 2.90. The summed E-state index contributed by atoms with van der Waals surface area (Å²) in [6, 6.07) is 6.37. The Morgan fingerprint density at radius 2 is 2.32 bits per heavy atom. The molecule has 5 nitrogen and oxygen atoms in total. The molecule has 0 saturated carbocycles. The van der Waals surface area contributed by atoms with Crippen LogP contribution in [0, 0.1) is 11.3 Å². The van der Waals surface area contributed by atoms with Gasteiger partial charge >= 0.3 is 6.09 Å². The monoisotopic (exact) mass is 321 g/mol. The van der Waals surface area contributed by atoms with Crippen LogP contribution in [-0.2, 0) is 4.74 Å². The average molecular weight is 321 g/mol. The van der Waals surface area contributed by atoms with Crippen molar-refractivity contribution in [3.8, 4) is 6.07 Å². The number of nitriles is 1. The third-order valence-electron chi connectivity index (χ3n) is 3.49. The first kappa shape index (κ1) is 16.8. The Labute approximate surface area is 135 Å². The van der Waals surface area contributed by atoms with E-state index in [0.717, 1.165) is 13.0 Å². The van der Waals surface area contributed by atoms with E-state index in [4.69, 9.17) is 10.00 Å². The lowest BCUT2D eigenvalue weighted by molar-refractivity contribution is 0.0470. The minimum atomic E-state index is -0.502. The first-order valence-electron chi connectivity index (χ1n) is 7.49. The lowest BCUT2D eigenvalue weighted by Crippen LogP contribution is -2.51. The number of carbonyl (C=O) groups excluding carboxylic acids is 1. The van der Waals surface area contributed by atoms with Gasteiger partial charge in [0.25, 0.3) is 0 Å². The van der Waals surface area contributed by atoms with Gasteiger partial charge in [-0.1, -0.05) is 6.07 Å². The van der Waals surface area contributed by atoms with Crippen molar-refractivity contribution in [1.82, 2.24) is 10.2 Å². The fourth-order valence-electron chi connectivity index (χ4n) is 2.73. The Kier molecular flexibility index (Phi) is 5.43. The predicted octanol–water partition coefficient (Wildman–Crippen LogP) is 2.95. The molecule has 0 bridgehead atoms. The zero-order chi connectivity index (χ0) is 16.2. The van der Waals surface area contributed by atoms with Crippen molar-refractivity contribution in [2.75, 3.05) is 19.6 Å². The number of nitrogens with zero attached hydrogens (tertiary/aromatic N) is 2. The van der Waals surface area contributed by atoms with Gasteiger partial charge in [-0.15, -0.1) is 11.3 Å². The summed E-state index contributed by atoms with van der Waals surface area (Å²) in [4.78, 5) is 15.4. The van der Waals surface area contributed by atoms with Gasteiger partial charge < -0.3 is 10.1 Å². The molecule has 2 atom stereocenters.